The minimum Gasteiger partial charge on any atom is -0.374 e. The molecule has 1 amide bonds. The molecule has 0 fully saturated rings. The number of fused-ring (bicyclic) bond motifs is 1. The minimum absolute atomic E-state index is 0.0196. The number of carbonyl (C=O) groups is 1. The van der Waals surface area contributed by atoms with E-state index in [0.29, 0.717) is 23.9 Å². The number of carbonyl (C=O) groups excluding carboxylic acids is 1. The summed E-state index contributed by atoms with van der Waals surface area (Å²) in [7, 11) is 0. The van der Waals surface area contributed by atoms with Crippen LogP contribution in [-0.2, 0) is 12.1 Å². The number of halogens is 4. The Hall–Kier alpha value is -3.78. The minimum atomic E-state index is -4.92. The average Bonchev–Trinajstić information content (AvgIpc) is 3.23. The van der Waals surface area contributed by atoms with Crippen molar-refractivity contribution < 1.29 is 27.5 Å². The first-order valence-corrected chi connectivity index (χ1v) is 10.2. The zero-order chi connectivity index (χ0) is 24.8. The summed E-state index contributed by atoms with van der Waals surface area (Å²) in [5, 5.41) is 19.5. The second kappa shape index (κ2) is 8.22. The predicted octanol–water partition coefficient (Wildman–Crippen LogP) is 3.94. The molecule has 0 unspecified atom stereocenters. The van der Waals surface area contributed by atoms with Crippen molar-refractivity contribution in [2.45, 2.75) is 38.2 Å². The normalized spacial score (nSPS) is 17.6. The Kier molecular flexibility index (Phi) is 5.65. The van der Waals surface area contributed by atoms with Gasteiger partial charge in [-0.1, -0.05) is 0 Å². The number of nitrogens with zero attached hydrogens (tertiary/aromatic N) is 5. The quantitative estimate of drug-likeness (QED) is 0.582. The van der Waals surface area contributed by atoms with Crippen LogP contribution >= 0.6 is 0 Å². The molecule has 176 valence electrons. The highest BCUT2D eigenvalue weighted by molar-refractivity contribution is 5.96. The zero-order valence-corrected chi connectivity index (χ0v) is 18.1. The van der Waals surface area contributed by atoms with Gasteiger partial charge < -0.3 is 14.6 Å². The highest BCUT2D eigenvalue weighted by atomic mass is 19.4. The largest absolute Gasteiger partial charge is 0.424 e. The molecule has 0 saturated carbocycles. The highest BCUT2D eigenvalue weighted by Gasteiger charge is 2.55. The number of imidazole rings is 1. The monoisotopic (exact) mass is 473 g/mol. The molecule has 0 aliphatic carbocycles. The van der Waals surface area contributed by atoms with Crippen LogP contribution in [0.4, 0.5) is 17.6 Å². The molecule has 7 nitrogen and oxygen atoms in total. The van der Waals surface area contributed by atoms with Gasteiger partial charge in [-0.15, -0.1) is 0 Å². The lowest BCUT2D eigenvalue weighted by molar-refractivity contribution is -0.263. The smallest absolute Gasteiger partial charge is 0.374 e. The molecular formula is C23H19F4N5O2. The van der Waals surface area contributed by atoms with Crippen molar-refractivity contribution in [2.75, 3.05) is 6.54 Å². The number of aliphatic hydroxyl groups is 1. The van der Waals surface area contributed by atoms with Gasteiger partial charge >= 0.3 is 6.18 Å². The van der Waals surface area contributed by atoms with E-state index in [9.17, 15) is 32.7 Å². The molecular weight excluding hydrogens is 454 g/mol. The fourth-order valence-electron chi connectivity index (χ4n) is 4.01. The summed E-state index contributed by atoms with van der Waals surface area (Å²) in [6.45, 7) is 2.34. The van der Waals surface area contributed by atoms with E-state index in [2.05, 4.69) is 9.97 Å². The fraction of sp³-hybridized carbons (Fsp3) is 0.304. The summed E-state index contributed by atoms with van der Waals surface area (Å²) < 4.78 is 54.7. The van der Waals surface area contributed by atoms with E-state index < -0.39 is 35.4 Å². The molecule has 0 saturated heterocycles. The van der Waals surface area contributed by atoms with E-state index in [0.717, 1.165) is 6.20 Å². The van der Waals surface area contributed by atoms with E-state index in [4.69, 9.17) is 0 Å². The first kappa shape index (κ1) is 23.4. The van der Waals surface area contributed by atoms with Crippen LogP contribution in [0.3, 0.4) is 0 Å². The molecule has 3 heterocycles. The van der Waals surface area contributed by atoms with Gasteiger partial charge in [0.05, 0.1) is 48.0 Å². The van der Waals surface area contributed by atoms with Crippen LogP contribution in [0.2, 0.25) is 0 Å². The molecule has 2 atom stereocenters. The van der Waals surface area contributed by atoms with Crippen molar-refractivity contribution in [3.8, 4) is 17.3 Å². The van der Waals surface area contributed by atoms with Gasteiger partial charge in [0.2, 0.25) is 5.60 Å². The highest BCUT2D eigenvalue weighted by Crippen LogP contribution is 2.40. The summed E-state index contributed by atoms with van der Waals surface area (Å²) in [4.78, 5) is 22.5. The summed E-state index contributed by atoms with van der Waals surface area (Å²) >= 11 is 0. The fourth-order valence-corrected chi connectivity index (χ4v) is 4.01. The molecule has 1 aromatic carbocycles. The summed E-state index contributed by atoms with van der Waals surface area (Å²) in [5.41, 5.74) is -1.64. The lowest BCUT2D eigenvalue weighted by atomic mass is 10.00. The van der Waals surface area contributed by atoms with Crippen LogP contribution < -0.4 is 0 Å². The Morgan fingerprint density at radius 1 is 1.21 bits per heavy atom. The van der Waals surface area contributed by atoms with Crippen molar-refractivity contribution in [1.29, 1.82) is 5.26 Å². The number of aromatic nitrogens is 3. The third-order valence-electron chi connectivity index (χ3n) is 5.82. The Balaban J connectivity index is 1.66. The third-order valence-corrected chi connectivity index (χ3v) is 5.82. The molecule has 2 aromatic heterocycles. The molecule has 1 aliphatic rings. The Bertz CT molecular complexity index is 1290. The number of alkyl halides is 3. The van der Waals surface area contributed by atoms with Gasteiger partial charge in [-0.2, -0.15) is 18.4 Å². The molecule has 1 N–H and O–H groups in total. The number of rotatable bonds is 3. The third kappa shape index (κ3) is 3.90. The number of nitriles is 1. The van der Waals surface area contributed by atoms with Crippen molar-refractivity contribution in [3.63, 3.8) is 0 Å². The van der Waals surface area contributed by atoms with Crippen LogP contribution in [0.15, 0.2) is 42.7 Å². The zero-order valence-electron chi connectivity index (χ0n) is 18.1. The first-order chi connectivity index (χ1) is 15.9. The van der Waals surface area contributed by atoms with Crippen molar-refractivity contribution in [2.24, 2.45) is 0 Å². The van der Waals surface area contributed by atoms with E-state index in [1.165, 1.54) is 46.0 Å². The molecule has 0 radical (unpaired) electrons. The molecule has 0 spiro atoms. The molecule has 1 aliphatic heterocycles. The topological polar surface area (TPSA) is 95.0 Å². The molecule has 3 aromatic rings. The van der Waals surface area contributed by atoms with E-state index in [1.54, 1.807) is 6.92 Å². The lowest BCUT2D eigenvalue weighted by Crippen LogP contribution is -2.45. The second-order valence-corrected chi connectivity index (χ2v) is 8.28. The predicted molar refractivity (Wildman–Crippen MR) is 112 cm³/mol. The van der Waals surface area contributed by atoms with Crippen molar-refractivity contribution >= 4 is 5.91 Å². The number of amides is 1. The molecule has 11 heteroatoms. The molecule has 0 bridgehead atoms. The van der Waals surface area contributed by atoms with E-state index in [1.807, 2.05) is 6.07 Å². The summed E-state index contributed by atoms with van der Waals surface area (Å²) in [6, 6.07) is 8.44. The van der Waals surface area contributed by atoms with Gasteiger partial charge in [0.25, 0.3) is 5.91 Å². The van der Waals surface area contributed by atoms with Crippen LogP contribution in [0.1, 0.15) is 47.3 Å². The Morgan fingerprint density at radius 3 is 2.56 bits per heavy atom. The van der Waals surface area contributed by atoms with Gasteiger partial charge in [-0.25, -0.2) is 9.37 Å². The van der Waals surface area contributed by atoms with E-state index >= 15 is 0 Å². The van der Waals surface area contributed by atoms with Crippen LogP contribution in [-0.4, -0.2) is 43.2 Å². The Morgan fingerprint density at radius 2 is 1.94 bits per heavy atom. The first-order valence-electron chi connectivity index (χ1n) is 10.2. The van der Waals surface area contributed by atoms with Crippen LogP contribution in [0.5, 0.6) is 0 Å². The average molecular weight is 473 g/mol. The maximum atomic E-state index is 13.4. The maximum absolute atomic E-state index is 13.4. The standard InChI is InChI=1S/C23H19F4N5O2/c1-13-11-31(12-17-10-30-21(32(13)17)22(2,34)23(25,26)27)20(33)14-3-4-15(8-28)18(7-14)19-6-5-16(24)9-29-19/h3-7,9-10,13,34H,11-12H2,1-2H3/t13-,22+/m0/s1. The number of pyridine rings is 1. The number of hydrogen-bond donors (Lipinski definition) is 1. The van der Waals surface area contributed by atoms with Gasteiger partial charge in [0.15, 0.2) is 5.82 Å². The number of hydrogen-bond acceptors (Lipinski definition) is 5. The van der Waals surface area contributed by atoms with Gasteiger partial charge in [0, 0.05) is 17.7 Å². The molecule has 34 heavy (non-hydrogen) atoms. The summed E-state index contributed by atoms with van der Waals surface area (Å²) in [5.74, 6) is -1.48. The van der Waals surface area contributed by atoms with Gasteiger partial charge in [0.1, 0.15) is 5.82 Å². The van der Waals surface area contributed by atoms with Gasteiger partial charge in [-0.3, -0.25) is 9.78 Å². The van der Waals surface area contributed by atoms with Crippen LogP contribution in [0, 0.1) is 17.1 Å². The van der Waals surface area contributed by atoms with Crippen molar-refractivity contribution in [1.82, 2.24) is 19.4 Å². The van der Waals surface area contributed by atoms with Crippen molar-refractivity contribution in [3.05, 3.63) is 71.2 Å². The van der Waals surface area contributed by atoms with Gasteiger partial charge in [-0.05, 0) is 44.2 Å². The second-order valence-electron chi connectivity index (χ2n) is 8.28. The molecule has 4 rings (SSSR count). The SMILES string of the molecule is C[C@H]1CN(C(=O)c2ccc(C#N)c(-c3ccc(F)cn3)c2)Cc2cnc([C@@](C)(O)C(F)(F)F)n21. The lowest BCUT2D eigenvalue weighted by Gasteiger charge is -2.36. The Labute approximate surface area is 191 Å². The number of benzene rings is 1. The van der Waals surface area contributed by atoms with Crippen LogP contribution in [0.25, 0.3) is 11.3 Å². The van der Waals surface area contributed by atoms with E-state index in [-0.39, 0.29) is 24.2 Å². The summed E-state index contributed by atoms with van der Waals surface area (Å²) in [6.07, 6.45) is -2.70. The maximum Gasteiger partial charge on any atom is 0.424 e.